The third-order valence-electron chi connectivity index (χ3n) is 5.88. The predicted molar refractivity (Wildman–Crippen MR) is 111 cm³/mol. The third-order valence-corrected chi connectivity index (χ3v) is 5.88. The number of hydrogen-bond donors (Lipinski definition) is 2. The van der Waals surface area contributed by atoms with Crippen molar-refractivity contribution in [2.24, 2.45) is 0 Å². The number of fused-ring (bicyclic) bond motifs is 1. The molecule has 6 nitrogen and oxygen atoms in total. The second kappa shape index (κ2) is 8.62. The molecule has 1 saturated heterocycles. The molecule has 2 aromatic carbocycles. The minimum absolute atomic E-state index is 0.119. The highest BCUT2D eigenvalue weighted by molar-refractivity contribution is 5.97. The second-order valence-corrected chi connectivity index (χ2v) is 7.96. The lowest BCUT2D eigenvalue weighted by atomic mass is 9.93. The molecule has 0 spiro atoms. The minimum Gasteiger partial charge on any atom is -0.497 e. The molecular weight excluding hydrogens is 387 g/mol. The van der Waals surface area contributed by atoms with Crippen molar-refractivity contribution >= 4 is 11.6 Å². The molecule has 7 heteroatoms. The van der Waals surface area contributed by atoms with Crippen molar-refractivity contribution in [2.45, 2.75) is 37.8 Å². The molecular formula is C23H27FN2O4. The predicted octanol–water partition coefficient (Wildman–Crippen LogP) is 2.81. The summed E-state index contributed by atoms with van der Waals surface area (Å²) < 4.78 is 26.0. The van der Waals surface area contributed by atoms with Crippen LogP contribution in [0.4, 0.5) is 10.1 Å². The highest BCUT2D eigenvalue weighted by atomic mass is 19.1. The van der Waals surface area contributed by atoms with Gasteiger partial charge in [-0.05, 0) is 62.2 Å². The number of methoxy groups -OCH3 is 1. The van der Waals surface area contributed by atoms with E-state index in [0.717, 1.165) is 24.4 Å². The largest absolute Gasteiger partial charge is 0.497 e. The number of ether oxygens (including phenoxy) is 2. The van der Waals surface area contributed by atoms with Crippen molar-refractivity contribution in [3.05, 3.63) is 53.3 Å². The van der Waals surface area contributed by atoms with Crippen molar-refractivity contribution in [3.63, 3.8) is 0 Å². The monoisotopic (exact) mass is 414 g/mol. The number of piperidine rings is 1. The van der Waals surface area contributed by atoms with Crippen LogP contribution in [0, 0.1) is 5.82 Å². The number of benzene rings is 2. The molecule has 1 fully saturated rings. The number of amides is 1. The van der Waals surface area contributed by atoms with E-state index >= 15 is 0 Å². The number of hydrogen-bond acceptors (Lipinski definition) is 5. The molecule has 0 aliphatic carbocycles. The molecule has 160 valence electrons. The highest BCUT2D eigenvalue weighted by Crippen LogP contribution is 2.38. The fourth-order valence-electron chi connectivity index (χ4n) is 4.08. The molecule has 0 aromatic heterocycles. The van der Waals surface area contributed by atoms with E-state index in [4.69, 9.17) is 9.47 Å². The average molecular weight is 414 g/mol. The third kappa shape index (κ3) is 4.27. The molecule has 4 rings (SSSR count). The van der Waals surface area contributed by atoms with Gasteiger partial charge in [-0.15, -0.1) is 0 Å². The summed E-state index contributed by atoms with van der Waals surface area (Å²) in [5, 5.41) is 13.9. The molecule has 2 N–H and O–H groups in total. The molecule has 30 heavy (non-hydrogen) atoms. The van der Waals surface area contributed by atoms with E-state index in [-0.39, 0.29) is 31.2 Å². The Hall–Kier alpha value is -2.64. The lowest BCUT2D eigenvalue weighted by Gasteiger charge is -2.34. The maximum absolute atomic E-state index is 14.8. The van der Waals surface area contributed by atoms with Crippen LogP contribution < -0.4 is 19.7 Å². The second-order valence-electron chi connectivity index (χ2n) is 7.96. The Kier molecular flexibility index (Phi) is 5.92. The summed E-state index contributed by atoms with van der Waals surface area (Å²) in [6.45, 7) is 1.90. The van der Waals surface area contributed by atoms with Gasteiger partial charge in [-0.2, -0.15) is 0 Å². The van der Waals surface area contributed by atoms with Gasteiger partial charge in [0.1, 0.15) is 29.5 Å². The number of nitrogens with one attached hydrogen (secondary N) is 1. The number of rotatable bonds is 6. The standard InChI is InChI=1S/C23H27FN2O4/c1-29-17-4-2-16(3-5-17)14-26-21(27)9-6-18-20(8-7-19(24)22(18)26)30-15-23(28)10-12-25-13-11-23/h2-5,7-8,25,28H,6,9-15H2,1H3. The van der Waals surface area contributed by atoms with E-state index in [1.807, 2.05) is 24.3 Å². The Bertz CT molecular complexity index is 910. The maximum Gasteiger partial charge on any atom is 0.227 e. The zero-order valence-corrected chi connectivity index (χ0v) is 17.1. The summed E-state index contributed by atoms with van der Waals surface area (Å²) >= 11 is 0. The van der Waals surface area contributed by atoms with Crippen LogP contribution in [0.5, 0.6) is 11.5 Å². The van der Waals surface area contributed by atoms with Crippen LogP contribution >= 0.6 is 0 Å². The number of halogens is 1. The minimum atomic E-state index is -0.889. The summed E-state index contributed by atoms with van der Waals surface area (Å²) in [4.78, 5) is 14.1. The molecule has 0 saturated carbocycles. The topological polar surface area (TPSA) is 71.0 Å². The lowest BCUT2D eigenvalue weighted by molar-refractivity contribution is -0.119. The zero-order chi connectivity index (χ0) is 21.1. The molecule has 0 atom stereocenters. The van der Waals surface area contributed by atoms with Crippen LogP contribution in [0.2, 0.25) is 0 Å². The van der Waals surface area contributed by atoms with E-state index in [9.17, 15) is 14.3 Å². The van der Waals surface area contributed by atoms with Gasteiger partial charge in [0.25, 0.3) is 0 Å². The SMILES string of the molecule is COc1ccc(CN2C(=O)CCc3c(OCC4(O)CCNCC4)ccc(F)c32)cc1. The smallest absolute Gasteiger partial charge is 0.227 e. The average Bonchev–Trinajstić information content (AvgIpc) is 2.76. The van der Waals surface area contributed by atoms with Gasteiger partial charge in [0, 0.05) is 12.0 Å². The normalized spacial score (nSPS) is 18.1. The van der Waals surface area contributed by atoms with Crippen LogP contribution in [0.3, 0.4) is 0 Å². The van der Waals surface area contributed by atoms with Crippen molar-refractivity contribution < 1.29 is 23.8 Å². The fraction of sp³-hybridized carbons (Fsp3) is 0.435. The molecule has 2 aliphatic rings. The Morgan fingerprint density at radius 2 is 1.87 bits per heavy atom. The molecule has 2 aromatic rings. The van der Waals surface area contributed by atoms with Gasteiger partial charge in [-0.1, -0.05) is 12.1 Å². The number of carbonyl (C=O) groups is 1. The number of carbonyl (C=O) groups excluding carboxylic acids is 1. The first-order valence-corrected chi connectivity index (χ1v) is 10.3. The van der Waals surface area contributed by atoms with Gasteiger partial charge in [0.15, 0.2) is 0 Å². The van der Waals surface area contributed by atoms with E-state index in [1.54, 1.807) is 13.2 Å². The zero-order valence-electron chi connectivity index (χ0n) is 17.1. The van der Waals surface area contributed by atoms with Crippen molar-refractivity contribution in [1.29, 1.82) is 0 Å². The molecule has 2 heterocycles. The van der Waals surface area contributed by atoms with Gasteiger partial charge in [-0.25, -0.2) is 4.39 Å². The molecule has 0 bridgehead atoms. The Morgan fingerprint density at radius 3 is 2.57 bits per heavy atom. The summed E-state index contributed by atoms with van der Waals surface area (Å²) in [6.07, 6.45) is 1.93. The van der Waals surface area contributed by atoms with Crippen molar-refractivity contribution in [3.8, 4) is 11.5 Å². The number of aliphatic hydroxyl groups is 1. The Balaban J connectivity index is 1.58. The van der Waals surface area contributed by atoms with Gasteiger partial charge < -0.3 is 24.8 Å². The van der Waals surface area contributed by atoms with E-state index < -0.39 is 11.4 Å². The quantitative estimate of drug-likeness (QED) is 0.761. The first-order valence-electron chi connectivity index (χ1n) is 10.3. The van der Waals surface area contributed by atoms with Crippen LogP contribution in [0.1, 0.15) is 30.4 Å². The van der Waals surface area contributed by atoms with Crippen LogP contribution in [-0.2, 0) is 17.8 Å². The lowest BCUT2D eigenvalue weighted by Crippen LogP contribution is -2.46. The maximum atomic E-state index is 14.8. The summed E-state index contributed by atoms with van der Waals surface area (Å²) in [5.74, 6) is 0.693. The Labute approximate surface area is 175 Å². The van der Waals surface area contributed by atoms with Gasteiger partial charge in [-0.3, -0.25) is 4.79 Å². The van der Waals surface area contributed by atoms with Gasteiger partial charge >= 0.3 is 0 Å². The summed E-state index contributed by atoms with van der Waals surface area (Å²) in [7, 11) is 1.59. The number of anilines is 1. The highest BCUT2D eigenvalue weighted by Gasteiger charge is 2.33. The molecule has 1 amide bonds. The van der Waals surface area contributed by atoms with Crippen LogP contribution in [0.15, 0.2) is 36.4 Å². The van der Waals surface area contributed by atoms with Crippen molar-refractivity contribution in [2.75, 3.05) is 31.7 Å². The van der Waals surface area contributed by atoms with Crippen LogP contribution in [-0.4, -0.2) is 43.4 Å². The van der Waals surface area contributed by atoms with E-state index in [1.165, 1.54) is 11.0 Å². The van der Waals surface area contributed by atoms with E-state index in [2.05, 4.69) is 5.32 Å². The van der Waals surface area contributed by atoms with Gasteiger partial charge in [0.05, 0.1) is 19.3 Å². The molecule has 2 aliphatic heterocycles. The van der Waals surface area contributed by atoms with E-state index in [0.29, 0.717) is 30.6 Å². The molecule has 0 unspecified atom stereocenters. The summed E-state index contributed by atoms with van der Waals surface area (Å²) in [6, 6.07) is 10.3. The molecule has 0 radical (unpaired) electrons. The fourth-order valence-corrected chi connectivity index (χ4v) is 4.08. The first-order chi connectivity index (χ1) is 14.5. The number of nitrogens with zero attached hydrogens (tertiary/aromatic N) is 1. The Morgan fingerprint density at radius 1 is 1.13 bits per heavy atom. The first kappa shape index (κ1) is 20.6. The van der Waals surface area contributed by atoms with Crippen LogP contribution in [0.25, 0.3) is 0 Å². The summed E-state index contributed by atoms with van der Waals surface area (Å²) in [5.41, 5.74) is 0.948. The van der Waals surface area contributed by atoms with Gasteiger partial charge in [0.2, 0.25) is 5.91 Å². The van der Waals surface area contributed by atoms with Crippen molar-refractivity contribution in [1.82, 2.24) is 5.32 Å².